The summed E-state index contributed by atoms with van der Waals surface area (Å²) in [5, 5.41) is 8.85. The number of nitriles is 1. The molecule has 7 nitrogen and oxygen atoms in total. The van der Waals surface area contributed by atoms with E-state index >= 15 is 0 Å². The number of carbonyl (C=O) groups excluding carboxylic acids is 1. The van der Waals surface area contributed by atoms with Crippen LogP contribution in [0.15, 0.2) is 30.3 Å². The maximum Gasteiger partial charge on any atom is 0.241 e. The predicted octanol–water partition coefficient (Wildman–Crippen LogP) is 0.901. The van der Waals surface area contributed by atoms with E-state index in [1.807, 2.05) is 35.2 Å². The summed E-state index contributed by atoms with van der Waals surface area (Å²) in [5.74, 6) is -0.0748. The highest BCUT2D eigenvalue weighted by Crippen LogP contribution is 2.15. The van der Waals surface area contributed by atoms with Crippen LogP contribution in [0.4, 0.5) is 5.69 Å². The standard InChI is InChI=1S/C17H24N4O3S/c1-25(23,24)20-11-6-10-19(13-14-20)15-17(22)21(12-5-9-18)16-7-3-2-4-8-16/h2-4,7-8H,5-6,10-15H2,1H3. The molecule has 136 valence electrons. The van der Waals surface area contributed by atoms with Crippen molar-refractivity contribution in [1.29, 1.82) is 5.26 Å². The van der Waals surface area contributed by atoms with Crippen molar-refractivity contribution in [3.05, 3.63) is 30.3 Å². The number of hydrogen-bond acceptors (Lipinski definition) is 5. The predicted molar refractivity (Wildman–Crippen MR) is 96.5 cm³/mol. The van der Waals surface area contributed by atoms with Gasteiger partial charge >= 0.3 is 0 Å². The number of hydrogen-bond donors (Lipinski definition) is 0. The third-order valence-electron chi connectivity index (χ3n) is 4.19. The Morgan fingerprint density at radius 2 is 1.92 bits per heavy atom. The zero-order valence-electron chi connectivity index (χ0n) is 14.5. The number of rotatable bonds is 6. The molecular weight excluding hydrogens is 340 g/mol. The van der Waals surface area contributed by atoms with Gasteiger partial charge in [0.2, 0.25) is 15.9 Å². The van der Waals surface area contributed by atoms with Crippen LogP contribution in [0.2, 0.25) is 0 Å². The van der Waals surface area contributed by atoms with Crippen LogP contribution >= 0.6 is 0 Å². The molecule has 25 heavy (non-hydrogen) atoms. The summed E-state index contributed by atoms with van der Waals surface area (Å²) in [7, 11) is -3.20. The lowest BCUT2D eigenvalue weighted by atomic mass is 10.2. The molecule has 1 heterocycles. The highest BCUT2D eigenvalue weighted by Gasteiger charge is 2.24. The Labute approximate surface area is 149 Å². The minimum Gasteiger partial charge on any atom is -0.310 e. The average molecular weight is 364 g/mol. The van der Waals surface area contributed by atoms with Crippen molar-refractivity contribution in [2.75, 3.05) is 50.4 Å². The molecule has 1 fully saturated rings. The largest absolute Gasteiger partial charge is 0.310 e. The van der Waals surface area contributed by atoms with Gasteiger partial charge in [-0.15, -0.1) is 0 Å². The van der Waals surface area contributed by atoms with Gasteiger partial charge in [-0.1, -0.05) is 18.2 Å². The van der Waals surface area contributed by atoms with E-state index in [0.717, 1.165) is 5.69 Å². The van der Waals surface area contributed by atoms with E-state index in [1.165, 1.54) is 10.6 Å². The third-order valence-corrected chi connectivity index (χ3v) is 5.49. The molecule has 1 aliphatic rings. The van der Waals surface area contributed by atoms with Crippen molar-refractivity contribution < 1.29 is 13.2 Å². The van der Waals surface area contributed by atoms with Crippen LogP contribution in [-0.2, 0) is 14.8 Å². The van der Waals surface area contributed by atoms with E-state index in [4.69, 9.17) is 5.26 Å². The van der Waals surface area contributed by atoms with Crippen molar-refractivity contribution in [2.24, 2.45) is 0 Å². The molecule has 8 heteroatoms. The lowest BCUT2D eigenvalue weighted by Crippen LogP contribution is -2.42. The average Bonchev–Trinajstić information content (AvgIpc) is 2.81. The Morgan fingerprint density at radius 1 is 1.20 bits per heavy atom. The number of nitrogens with zero attached hydrogens (tertiary/aromatic N) is 4. The van der Waals surface area contributed by atoms with Crippen molar-refractivity contribution >= 4 is 21.6 Å². The van der Waals surface area contributed by atoms with Gasteiger partial charge in [0.05, 0.1) is 25.3 Å². The van der Waals surface area contributed by atoms with Gasteiger partial charge in [-0.05, 0) is 25.1 Å². The van der Waals surface area contributed by atoms with E-state index in [2.05, 4.69) is 6.07 Å². The first-order valence-corrected chi connectivity index (χ1v) is 10.2. The quantitative estimate of drug-likeness (QED) is 0.749. The number of amides is 1. The molecule has 0 aliphatic carbocycles. The van der Waals surface area contributed by atoms with E-state index in [0.29, 0.717) is 39.1 Å². The van der Waals surface area contributed by atoms with Gasteiger partial charge < -0.3 is 4.90 Å². The van der Waals surface area contributed by atoms with Crippen LogP contribution in [0.5, 0.6) is 0 Å². The van der Waals surface area contributed by atoms with Crippen LogP contribution in [0, 0.1) is 11.3 Å². The van der Waals surface area contributed by atoms with Crippen LogP contribution in [0.3, 0.4) is 0 Å². The first kappa shape index (κ1) is 19.4. The van der Waals surface area contributed by atoms with E-state index < -0.39 is 10.0 Å². The number of benzene rings is 1. The minimum absolute atomic E-state index is 0.0748. The van der Waals surface area contributed by atoms with Crippen molar-refractivity contribution in [3.63, 3.8) is 0 Å². The molecule has 0 atom stereocenters. The van der Waals surface area contributed by atoms with Gasteiger partial charge in [0.1, 0.15) is 0 Å². The Bertz CT molecular complexity index is 715. The normalized spacial score (nSPS) is 16.8. The zero-order valence-corrected chi connectivity index (χ0v) is 15.3. The summed E-state index contributed by atoms with van der Waals surface area (Å²) in [6, 6.07) is 11.4. The second kappa shape index (κ2) is 8.94. The Morgan fingerprint density at radius 3 is 2.56 bits per heavy atom. The summed E-state index contributed by atoms with van der Waals surface area (Å²) in [6.45, 7) is 2.66. The molecule has 0 N–H and O–H groups in total. The molecule has 0 saturated carbocycles. The fourth-order valence-corrected chi connectivity index (χ4v) is 3.76. The lowest BCUT2D eigenvalue weighted by Gasteiger charge is -2.26. The smallest absolute Gasteiger partial charge is 0.241 e. The third kappa shape index (κ3) is 5.81. The molecular formula is C17H24N4O3S. The van der Waals surface area contributed by atoms with Gasteiger partial charge in [0, 0.05) is 31.9 Å². The van der Waals surface area contributed by atoms with Gasteiger partial charge in [0.15, 0.2) is 0 Å². The van der Waals surface area contributed by atoms with E-state index in [-0.39, 0.29) is 18.9 Å². The lowest BCUT2D eigenvalue weighted by molar-refractivity contribution is -0.119. The molecule has 0 spiro atoms. The van der Waals surface area contributed by atoms with Crippen LogP contribution in [-0.4, -0.2) is 69.1 Å². The zero-order chi connectivity index (χ0) is 18.3. The number of sulfonamides is 1. The maximum atomic E-state index is 12.8. The molecule has 0 unspecified atom stereocenters. The second-order valence-electron chi connectivity index (χ2n) is 6.08. The number of para-hydroxylation sites is 1. The summed E-state index contributed by atoms with van der Waals surface area (Å²) < 4.78 is 24.8. The summed E-state index contributed by atoms with van der Waals surface area (Å²) in [5.41, 5.74) is 0.773. The first-order chi connectivity index (χ1) is 11.9. The molecule has 1 aliphatic heterocycles. The van der Waals surface area contributed by atoms with Gasteiger partial charge in [-0.25, -0.2) is 12.7 Å². The summed E-state index contributed by atoms with van der Waals surface area (Å²) in [6.07, 6.45) is 2.18. The second-order valence-corrected chi connectivity index (χ2v) is 8.06. The van der Waals surface area contributed by atoms with Crippen molar-refractivity contribution in [1.82, 2.24) is 9.21 Å². The molecule has 1 aromatic carbocycles. The summed E-state index contributed by atoms with van der Waals surface area (Å²) in [4.78, 5) is 16.4. The number of anilines is 1. The van der Waals surface area contributed by atoms with Crippen LogP contribution < -0.4 is 4.90 Å². The Hall–Kier alpha value is -1.95. The first-order valence-electron chi connectivity index (χ1n) is 8.31. The SMILES string of the molecule is CS(=O)(=O)N1CCCN(CC(=O)N(CCC#N)c2ccccc2)CC1. The van der Waals surface area contributed by atoms with Gasteiger partial charge in [-0.3, -0.25) is 9.69 Å². The molecule has 0 radical (unpaired) electrons. The summed E-state index contributed by atoms with van der Waals surface area (Å²) >= 11 is 0. The van der Waals surface area contributed by atoms with Crippen LogP contribution in [0.1, 0.15) is 12.8 Å². The highest BCUT2D eigenvalue weighted by molar-refractivity contribution is 7.88. The van der Waals surface area contributed by atoms with E-state index in [1.54, 1.807) is 4.90 Å². The molecule has 0 bridgehead atoms. The fourth-order valence-electron chi connectivity index (χ4n) is 2.88. The molecule has 1 amide bonds. The molecule has 0 aromatic heterocycles. The maximum absolute atomic E-state index is 12.8. The van der Waals surface area contributed by atoms with Crippen LogP contribution in [0.25, 0.3) is 0 Å². The van der Waals surface area contributed by atoms with E-state index in [9.17, 15) is 13.2 Å². The Balaban J connectivity index is 2.02. The van der Waals surface area contributed by atoms with Crippen molar-refractivity contribution in [3.8, 4) is 6.07 Å². The fraction of sp³-hybridized carbons (Fsp3) is 0.529. The highest BCUT2D eigenvalue weighted by atomic mass is 32.2. The number of carbonyl (C=O) groups is 1. The Kier molecular flexibility index (Phi) is 6.93. The topological polar surface area (TPSA) is 84.7 Å². The van der Waals surface area contributed by atoms with Gasteiger partial charge in [0.25, 0.3) is 0 Å². The monoisotopic (exact) mass is 364 g/mol. The van der Waals surface area contributed by atoms with Gasteiger partial charge in [-0.2, -0.15) is 5.26 Å². The molecule has 1 saturated heterocycles. The molecule has 2 rings (SSSR count). The van der Waals surface area contributed by atoms with Crippen molar-refractivity contribution in [2.45, 2.75) is 12.8 Å². The molecule has 1 aromatic rings. The minimum atomic E-state index is -3.20.